The molecule has 0 amide bonds. The molecule has 0 aliphatic carbocycles. The number of nitrogens with zero attached hydrogens (tertiary/aromatic N) is 4. The third-order valence-corrected chi connectivity index (χ3v) is 6.86. The van der Waals surface area contributed by atoms with Crippen LogP contribution in [0.5, 0.6) is 0 Å². The normalized spacial score (nSPS) is 11.2. The molecule has 0 bridgehead atoms. The third kappa shape index (κ3) is 5.07. The molecule has 5 aromatic rings. The van der Waals surface area contributed by atoms with Gasteiger partial charge in [-0.15, -0.1) is 0 Å². The lowest BCUT2D eigenvalue weighted by atomic mass is 9.83. The highest BCUT2D eigenvalue weighted by molar-refractivity contribution is 5.79. The maximum Gasteiger partial charge on any atom is 0.223 e. The van der Waals surface area contributed by atoms with Gasteiger partial charge in [0, 0.05) is 41.1 Å². The Morgan fingerprint density at radius 3 is 1.78 bits per heavy atom. The van der Waals surface area contributed by atoms with Gasteiger partial charge < -0.3 is 10.2 Å². The van der Waals surface area contributed by atoms with Gasteiger partial charge in [0.25, 0.3) is 0 Å². The zero-order valence-corrected chi connectivity index (χ0v) is 21.3. The van der Waals surface area contributed by atoms with Crippen molar-refractivity contribution < 1.29 is 0 Å². The summed E-state index contributed by atoms with van der Waals surface area (Å²) in [6, 6.07) is 35.5. The number of hydrogen-bond acceptors (Lipinski definition) is 5. The maximum atomic E-state index is 4.68. The van der Waals surface area contributed by atoms with Gasteiger partial charge in [0.1, 0.15) is 0 Å². The molecule has 184 valence electrons. The summed E-state index contributed by atoms with van der Waals surface area (Å²) >= 11 is 0. The zero-order valence-electron chi connectivity index (χ0n) is 21.3. The molecular weight excluding hydrogens is 454 g/mol. The van der Waals surface area contributed by atoms with E-state index in [0.29, 0.717) is 5.95 Å². The largest absolute Gasteiger partial charge is 0.345 e. The van der Waals surface area contributed by atoms with Gasteiger partial charge in [-0.1, -0.05) is 74.5 Å². The Bertz CT molecular complexity index is 1360. The number of pyridine rings is 1. The van der Waals surface area contributed by atoms with Crippen molar-refractivity contribution in [3.63, 3.8) is 0 Å². The minimum atomic E-state index is -0.370. The van der Waals surface area contributed by atoms with Gasteiger partial charge in [-0.25, -0.2) is 9.97 Å². The van der Waals surface area contributed by atoms with E-state index in [0.717, 1.165) is 41.2 Å². The Labute approximate surface area is 218 Å². The molecule has 0 radical (unpaired) electrons. The van der Waals surface area contributed by atoms with Crippen LogP contribution in [0.4, 0.5) is 23.0 Å². The molecule has 5 rings (SSSR count). The average molecular weight is 486 g/mol. The van der Waals surface area contributed by atoms with Gasteiger partial charge >= 0.3 is 0 Å². The molecule has 0 unspecified atom stereocenters. The Kier molecular flexibility index (Phi) is 7.22. The summed E-state index contributed by atoms with van der Waals surface area (Å²) in [5.41, 5.74) is 5.93. The van der Waals surface area contributed by atoms with E-state index in [2.05, 4.69) is 124 Å². The van der Waals surface area contributed by atoms with Crippen LogP contribution in [0.1, 0.15) is 32.3 Å². The quantitative estimate of drug-likeness (QED) is 0.228. The Hall–Kier alpha value is -4.51. The summed E-state index contributed by atoms with van der Waals surface area (Å²) < 4.78 is 0. The van der Waals surface area contributed by atoms with Crippen LogP contribution < -0.4 is 10.2 Å². The molecule has 0 saturated heterocycles. The number of rotatable bonds is 9. The number of aromatic nitrogens is 3. The van der Waals surface area contributed by atoms with Gasteiger partial charge in [0.15, 0.2) is 0 Å². The van der Waals surface area contributed by atoms with Gasteiger partial charge in [-0.05, 0) is 55.3 Å². The fraction of sp³-hybridized carbons (Fsp3) is 0.156. The van der Waals surface area contributed by atoms with E-state index in [-0.39, 0.29) is 5.54 Å². The first kappa shape index (κ1) is 24.2. The molecule has 2 heterocycles. The Morgan fingerprint density at radius 2 is 1.22 bits per heavy atom. The molecule has 5 nitrogen and oxygen atoms in total. The maximum absolute atomic E-state index is 4.68. The minimum absolute atomic E-state index is 0.370. The van der Waals surface area contributed by atoms with E-state index in [1.54, 1.807) is 6.20 Å². The standard InChI is InChI=1S/C32H31N5/c1-3-32(4-2,36-31-34-23-25(24-35-31)29-20-13-14-22-33-29)28-19-11-12-21-30(28)37(26-15-7-5-8-16-26)27-17-9-6-10-18-27/h5-24H,3-4H2,1-2H3,(H,34,35,36). The highest BCUT2D eigenvalue weighted by atomic mass is 15.2. The predicted molar refractivity (Wildman–Crippen MR) is 152 cm³/mol. The molecule has 0 fully saturated rings. The zero-order chi connectivity index (χ0) is 25.5. The molecule has 0 spiro atoms. The second kappa shape index (κ2) is 11.0. The van der Waals surface area contributed by atoms with E-state index in [1.165, 1.54) is 5.56 Å². The number of hydrogen-bond donors (Lipinski definition) is 1. The van der Waals surface area contributed by atoms with Gasteiger partial charge in [0.05, 0.1) is 16.9 Å². The molecule has 0 saturated carbocycles. The summed E-state index contributed by atoms with van der Waals surface area (Å²) in [7, 11) is 0. The van der Waals surface area contributed by atoms with E-state index >= 15 is 0 Å². The second-order valence-electron chi connectivity index (χ2n) is 8.95. The van der Waals surface area contributed by atoms with Gasteiger partial charge in [-0.2, -0.15) is 0 Å². The Balaban J connectivity index is 1.57. The summed E-state index contributed by atoms with van der Waals surface area (Å²) in [5.74, 6) is 0.601. The van der Waals surface area contributed by atoms with Gasteiger partial charge in [-0.3, -0.25) is 4.98 Å². The first-order valence-electron chi connectivity index (χ1n) is 12.8. The van der Waals surface area contributed by atoms with Crippen molar-refractivity contribution in [1.29, 1.82) is 0 Å². The van der Waals surface area contributed by atoms with Crippen molar-refractivity contribution in [2.24, 2.45) is 0 Å². The predicted octanol–water partition coefficient (Wildman–Crippen LogP) is 8.14. The van der Waals surface area contributed by atoms with E-state index in [9.17, 15) is 0 Å². The first-order valence-corrected chi connectivity index (χ1v) is 12.8. The van der Waals surface area contributed by atoms with Crippen LogP contribution in [0.2, 0.25) is 0 Å². The lowest BCUT2D eigenvalue weighted by Crippen LogP contribution is -2.36. The minimum Gasteiger partial charge on any atom is -0.345 e. The van der Waals surface area contributed by atoms with Crippen molar-refractivity contribution in [2.45, 2.75) is 32.2 Å². The summed E-state index contributed by atoms with van der Waals surface area (Å²) in [4.78, 5) is 16.1. The average Bonchev–Trinajstić information content (AvgIpc) is 2.98. The van der Waals surface area contributed by atoms with E-state index in [4.69, 9.17) is 0 Å². The van der Waals surface area contributed by atoms with Crippen LogP contribution in [0, 0.1) is 0 Å². The van der Waals surface area contributed by atoms with Crippen LogP contribution in [0.25, 0.3) is 11.3 Å². The van der Waals surface area contributed by atoms with Crippen LogP contribution in [0.15, 0.2) is 122 Å². The number of anilines is 4. The van der Waals surface area contributed by atoms with Crippen molar-refractivity contribution in [1.82, 2.24) is 15.0 Å². The van der Waals surface area contributed by atoms with Crippen molar-refractivity contribution in [3.05, 3.63) is 127 Å². The Morgan fingerprint density at radius 1 is 0.649 bits per heavy atom. The highest BCUT2D eigenvalue weighted by Gasteiger charge is 2.33. The van der Waals surface area contributed by atoms with Crippen molar-refractivity contribution in [3.8, 4) is 11.3 Å². The molecule has 5 heteroatoms. The van der Waals surface area contributed by atoms with Gasteiger partial charge in [0.2, 0.25) is 5.95 Å². The van der Waals surface area contributed by atoms with E-state index < -0.39 is 0 Å². The molecule has 1 N–H and O–H groups in total. The van der Waals surface area contributed by atoms with Crippen LogP contribution in [-0.4, -0.2) is 15.0 Å². The first-order chi connectivity index (χ1) is 18.2. The lowest BCUT2D eigenvalue weighted by Gasteiger charge is -2.38. The summed E-state index contributed by atoms with van der Waals surface area (Å²) in [5, 5.41) is 3.72. The molecular formula is C32H31N5. The molecule has 2 aromatic heterocycles. The SMILES string of the molecule is CCC(CC)(Nc1ncc(-c2ccccn2)cn1)c1ccccc1N(c1ccccc1)c1ccccc1. The topological polar surface area (TPSA) is 53.9 Å². The van der Waals surface area contributed by atoms with Crippen molar-refractivity contribution >= 4 is 23.0 Å². The summed E-state index contributed by atoms with van der Waals surface area (Å²) in [6.45, 7) is 4.43. The van der Waals surface area contributed by atoms with Crippen LogP contribution in [-0.2, 0) is 5.54 Å². The van der Waals surface area contributed by atoms with E-state index in [1.807, 2.05) is 30.6 Å². The fourth-order valence-electron chi connectivity index (χ4n) is 4.80. The number of benzene rings is 3. The number of nitrogens with one attached hydrogen (secondary N) is 1. The fourth-order valence-corrected chi connectivity index (χ4v) is 4.80. The lowest BCUT2D eigenvalue weighted by molar-refractivity contribution is 0.451. The molecule has 0 aliphatic rings. The second-order valence-corrected chi connectivity index (χ2v) is 8.95. The third-order valence-electron chi connectivity index (χ3n) is 6.86. The van der Waals surface area contributed by atoms with Crippen LogP contribution in [0.3, 0.4) is 0 Å². The monoisotopic (exact) mass is 485 g/mol. The molecule has 0 atom stereocenters. The molecule has 3 aromatic carbocycles. The molecule has 37 heavy (non-hydrogen) atoms. The summed E-state index contributed by atoms with van der Waals surface area (Å²) in [6.07, 6.45) is 7.18. The number of para-hydroxylation sites is 3. The molecule has 0 aliphatic heterocycles. The van der Waals surface area contributed by atoms with Crippen molar-refractivity contribution in [2.75, 3.05) is 10.2 Å². The van der Waals surface area contributed by atoms with Crippen LogP contribution >= 0.6 is 0 Å². The smallest absolute Gasteiger partial charge is 0.223 e. The highest BCUT2D eigenvalue weighted by Crippen LogP contribution is 2.43.